The summed E-state index contributed by atoms with van der Waals surface area (Å²) < 4.78 is 28.0. The Kier molecular flexibility index (Phi) is 5.58. The molecule has 2 N–H and O–H groups in total. The molecule has 0 aliphatic carbocycles. The lowest BCUT2D eigenvalue weighted by atomic mass is 10.1. The van der Waals surface area contributed by atoms with Gasteiger partial charge in [-0.2, -0.15) is 8.42 Å². The summed E-state index contributed by atoms with van der Waals surface area (Å²) >= 11 is 5.83. The van der Waals surface area contributed by atoms with Crippen LogP contribution in [0.5, 0.6) is 0 Å². The molecular formula is C18H18ClN3O3S. The van der Waals surface area contributed by atoms with Crippen molar-refractivity contribution in [1.82, 2.24) is 5.32 Å². The van der Waals surface area contributed by atoms with Gasteiger partial charge in [0.15, 0.2) is 0 Å². The average molecular weight is 392 g/mol. The van der Waals surface area contributed by atoms with E-state index in [1.54, 1.807) is 18.2 Å². The maximum absolute atomic E-state index is 12.1. The summed E-state index contributed by atoms with van der Waals surface area (Å²) in [5.41, 5.74) is 1.57. The molecule has 0 atom stereocenters. The predicted octanol–water partition coefficient (Wildman–Crippen LogP) is 2.99. The molecule has 136 valence electrons. The number of amides is 1. The van der Waals surface area contributed by atoms with E-state index in [0.29, 0.717) is 23.7 Å². The SMILES string of the molecule is O=C(CCC1=NS(=O)(=O)c2ccccc2N1)NCCc1ccc(Cl)cc1. The lowest BCUT2D eigenvalue weighted by molar-refractivity contribution is -0.120. The van der Waals surface area contributed by atoms with Crippen LogP contribution in [0.2, 0.25) is 5.02 Å². The van der Waals surface area contributed by atoms with Gasteiger partial charge in [-0.05, 0) is 36.2 Å². The van der Waals surface area contributed by atoms with E-state index >= 15 is 0 Å². The molecular weight excluding hydrogens is 374 g/mol. The van der Waals surface area contributed by atoms with Crippen LogP contribution in [0.4, 0.5) is 5.69 Å². The number of nitrogens with one attached hydrogen (secondary N) is 2. The molecule has 1 aliphatic rings. The van der Waals surface area contributed by atoms with Gasteiger partial charge in [0.25, 0.3) is 10.0 Å². The van der Waals surface area contributed by atoms with Crippen molar-refractivity contribution in [3.8, 4) is 0 Å². The Morgan fingerprint density at radius 2 is 1.81 bits per heavy atom. The van der Waals surface area contributed by atoms with Crippen molar-refractivity contribution < 1.29 is 13.2 Å². The Hall–Kier alpha value is -2.38. The zero-order valence-electron chi connectivity index (χ0n) is 13.9. The van der Waals surface area contributed by atoms with Crippen molar-refractivity contribution in [2.75, 3.05) is 11.9 Å². The minimum Gasteiger partial charge on any atom is -0.356 e. The number of sulfonamides is 1. The molecule has 0 saturated heterocycles. The monoisotopic (exact) mass is 391 g/mol. The minimum atomic E-state index is -3.71. The third kappa shape index (κ3) is 4.62. The lowest BCUT2D eigenvalue weighted by Crippen LogP contribution is -2.28. The third-order valence-electron chi connectivity index (χ3n) is 3.91. The fourth-order valence-corrected chi connectivity index (χ4v) is 3.89. The van der Waals surface area contributed by atoms with Crippen molar-refractivity contribution >= 4 is 39.1 Å². The van der Waals surface area contributed by atoms with E-state index < -0.39 is 10.0 Å². The molecule has 3 rings (SSSR count). The van der Waals surface area contributed by atoms with Gasteiger partial charge in [0.2, 0.25) is 5.91 Å². The van der Waals surface area contributed by atoms with E-state index in [1.807, 2.05) is 24.3 Å². The van der Waals surface area contributed by atoms with Crippen LogP contribution in [0.15, 0.2) is 57.8 Å². The number of nitrogens with zero attached hydrogens (tertiary/aromatic N) is 1. The average Bonchev–Trinajstić information content (AvgIpc) is 2.61. The van der Waals surface area contributed by atoms with E-state index in [-0.39, 0.29) is 29.5 Å². The molecule has 1 aliphatic heterocycles. The van der Waals surface area contributed by atoms with Crippen molar-refractivity contribution in [3.05, 3.63) is 59.1 Å². The van der Waals surface area contributed by atoms with Crippen LogP contribution in [0.25, 0.3) is 0 Å². The van der Waals surface area contributed by atoms with Crippen molar-refractivity contribution in [3.63, 3.8) is 0 Å². The van der Waals surface area contributed by atoms with Crippen LogP contribution >= 0.6 is 11.6 Å². The zero-order chi connectivity index (χ0) is 18.6. The molecule has 1 heterocycles. The van der Waals surface area contributed by atoms with Crippen LogP contribution in [0.1, 0.15) is 18.4 Å². The number of para-hydroxylation sites is 1. The first-order chi connectivity index (χ1) is 12.4. The topological polar surface area (TPSA) is 87.6 Å². The maximum Gasteiger partial charge on any atom is 0.286 e. The first kappa shape index (κ1) is 18.4. The van der Waals surface area contributed by atoms with Crippen LogP contribution in [0.3, 0.4) is 0 Å². The molecule has 0 aromatic heterocycles. The fraction of sp³-hybridized carbons (Fsp3) is 0.222. The number of anilines is 1. The van der Waals surface area contributed by atoms with E-state index in [4.69, 9.17) is 11.6 Å². The number of benzene rings is 2. The van der Waals surface area contributed by atoms with Gasteiger partial charge in [-0.25, -0.2) is 0 Å². The highest BCUT2D eigenvalue weighted by Crippen LogP contribution is 2.27. The third-order valence-corrected chi connectivity index (χ3v) is 5.54. The summed E-state index contributed by atoms with van der Waals surface area (Å²) in [6, 6.07) is 14.0. The highest BCUT2D eigenvalue weighted by molar-refractivity contribution is 7.90. The lowest BCUT2D eigenvalue weighted by Gasteiger charge is -2.17. The van der Waals surface area contributed by atoms with Crippen LogP contribution in [-0.2, 0) is 21.2 Å². The molecule has 2 aromatic carbocycles. The normalized spacial score (nSPS) is 14.7. The highest BCUT2D eigenvalue weighted by Gasteiger charge is 2.24. The standard InChI is InChI=1S/C18H18ClN3O3S/c19-14-7-5-13(6-8-14)11-12-20-18(23)10-9-17-21-15-3-1-2-4-16(15)26(24,25)22-17/h1-8H,9-12H2,(H,20,23)(H,21,22). The summed E-state index contributed by atoms with van der Waals surface area (Å²) in [4.78, 5) is 12.1. The van der Waals surface area contributed by atoms with Gasteiger partial charge >= 0.3 is 0 Å². The van der Waals surface area contributed by atoms with Crippen LogP contribution in [-0.4, -0.2) is 26.7 Å². The van der Waals surface area contributed by atoms with Gasteiger partial charge in [-0.1, -0.05) is 35.9 Å². The van der Waals surface area contributed by atoms with Gasteiger partial charge in [0.05, 0.1) is 5.69 Å². The molecule has 0 unspecified atom stereocenters. The summed E-state index contributed by atoms with van der Waals surface area (Å²) in [5.74, 6) is 0.122. The van der Waals surface area contributed by atoms with Gasteiger partial charge in [-0.3, -0.25) is 4.79 Å². The van der Waals surface area contributed by atoms with Gasteiger partial charge < -0.3 is 10.6 Å². The van der Waals surface area contributed by atoms with Crippen molar-refractivity contribution in [2.45, 2.75) is 24.2 Å². The number of rotatable bonds is 6. The van der Waals surface area contributed by atoms with E-state index in [2.05, 4.69) is 15.0 Å². The summed E-state index contributed by atoms with van der Waals surface area (Å²) in [6.45, 7) is 0.501. The molecule has 26 heavy (non-hydrogen) atoms. The van der Waals surface area contributed by atoms with E-state index in [0.717, 1.165) is 5.56 Å². The summed E-state index contributed by atoms with van der Waals surface area (Å²) in [5, 5.41) is 6.47. The summed E-state index contributed by atoms with van der Waals surface area (Å²) in [6.07, 6.45) is 1.08. The first-order valence-electron chi connectivity index (χ1n) is 8.15. The Bertz CT molecular complexity index is 940. The van der Waals surface area contributed by atoms with Gasteiger partial charge in [-0.15, -0.1) is 4.40 Å². The number of carbonyl (C=O) groups is 1. The molecule has 0 spiro atoms. The summed E-state index contributed by atoms with van der Waals surface area (Å²) in [7, 11) is -3.71. The zero-order valence-corrected chi connectivity index (χ0v) is 15.5. The smallest absolute Gasteiger partial charge is 0.286 e. The second-order valence-corrected chi connectivity index (χ2v) is 7.87. The molecule has 8 heteroatoms. The van der Waals surface area contributed by atoms with Gasteiger partial charge in [0, 0.05) is 24.4 Å². The predicted molar refractivity (Wildman–Crippen MR) is 102 cm³/mol. The molecule has 0 bridgehead atoms. The number of hydrogen-bond donors (Lipinski definition) is 2. The Balaban J connectivity index is 1.49. The molecule has 6 nitrogen and oxygen atoms in total. The van der Waals surface area contributed by atoms with E-state index in [9.17, 15) is 13.2 Å². The molecule has 0 radical (unpaired) electrons. The number of amidine groups is 1. The van der Waals surface area contributed by atoms with Crippen LogP contribution in [0, 0.1) is 0 Å². The second kappa shape index (κ2) is 7.88. The van der Waals surface area contributed by atoms with Gasteiger partial charge in [0.1, 0.15) is 10.7 Å². The molecule has 0 fully saturated rings. The maximum atomic E-state index is 12.1. The Morgan fingerprint density at radius 1 is 1.08 bits per heavy atom. The molecule has 0 saturated carbocycles. The Morgan fingerprint density at radius 3 is 2.58 bits per heavy atom. The quantitative estimate of drug-likeness (QED) is 0.792. The van der Waals surface area contributed by atoms with Crippen molar-refractivity contribution in [2.24, 2.45) is 4.40 Å². The fourth-order valence-electron chi connectivity index (χ4n) is 2.59. The molecule has 1 amide bonds. The Labute approximate surface area is 157 Å². The first-order valence-corrected chi connectivity index (χ1v) is 9.97. The highest BCUT2D eigenvalue weighted by atomic mass is 35.5. The number of carbonyl (C=O) groups excluding carboxylic acids is 1. The minimum absolute atomic E-state index is 0.149. The number of fused-ring (bicyclic) bond motifs is 1. The van der Waals surface area contributed by atoms with Crippen LogP contribution < -0.4 is 10.6 Å². The number of halogens is 1. The van der Waals surface area contributed by atoms with E-state index in [1.165, 1.54) is 6.07 Å². The van der Waals surface area contributed by atoms with Crippen molar-refractivity contribution in [1.29, 1.82) is 0 Å². The number of hydrogen-bond acceptors (Lipinski definition) is 4. The second-order valence-electron chi connectivity index (χ2n) is 5.86. The largest absolute Gasteiger partial charge is 0.356 e. The molecule has 2 aromatic rings.